The molecule has 1 aliphatic rings. The summed E-state index contributed by atoms with van der Waals surface area (Å²) in [5.41, 5.74) is 1.04. The SMILES string of the molecule is CC(C)CNCc1cncc(N2CCC(C(C)C)C2)n1. The summed E-state index contributed by atoms with van der Waals surface area (Å²) in [5.74, 6) is 3.25. The van der Waals surface area contributed by atoms with Gasteiger partial charge in [-0.15, -0.1) is 0 Å². The molecule has 1 aromatic rings. The maximum absolute atomic E-state index is 4.75. The molecule has 20 heavy (non-hydrogen) atoms. The molecule has 2 heterocycles. The third-order valence-corrected chi connectivity index (χ3v) is 4.02. The summed E-state index contributed by atoms with van der Waals surface area (Å²) in [7, 11) is 0. The van der Waals surface area contributed by atoms with Crippen molar-refractivity contribution in [3.63, 3.8) is 0 Å². The van der Waals surface area contributed by atoms with Crippen LogP contribution in [0.15, 0.2) is 12.4 Å². The number of nitrogens with one attached hydrogen (secondary N) is 1. The molecule has 1 N–H and O–H groups in total. The van der Waals surface area contributed by atoms with Crippen molar-refractivity contribution < 1.29 is 0 Å². The Bertz CT molecular complexity index is 417. The summed E-state index contributed by atoms with van der Waals surface area (Å²) >= 11 is 0. The highest BCUT2D eigenvalue weighted by Crippen LogP contribution is 2.26. The van der Waals surface area contributed by atoms with Gasteiger partial charge in [-0.05, 0) is 30.7 Å². The maximum atomic E-state index is 4.75. The molecule has 4 heteroatoms. The van der Waals surface area contributed by atoms with Gasteiger partial charge in [-0.1, -0.05) is 27.7 Å². The summed E-state index contributed by atoms with van der Waals surface area (Å²) in [6, 6.07) is 0. The first-order valence-electron chi connectivity index (χ1n) is 7.83. The number of hydrogen-bond donors (Lipinski definition) is 1. The van der Waals surface area contributed by atoms with Crippen molar-refractivity contribution in [1.29, 1.82) is 0 Å². The fourth-order valence-electron chi connectivity index (χ4n) is 2.66. The van der Waals surface area contributed by atoms with E-state index in [4.69, 9.17) is 4.98 Å². The largest absolute Gasteiger partial charge is 0.355 e. The zero-order valence-electron chi connectivity index (χ0n) is 13.3. The zero-order chi connectivity index (χ0) is 14.5. The molecule has 1 saturated heterocycles. The van der Waals surface area contributed by atoms with Gasteiger partial charge in [-0.3, -0.25) is 4.98 Å². The molecule has 1 aromatic heterocycles. The van der Waals surface area contributed by atoms with Gasteiger partial charge >= 0.3 is 0 Å². The Morgan fingerprint density at radius 1 is 1.30 bits per heavy atom. The molecule has 0 bridgehead atoms. The molecule has 4 nitrogen and oxygen atoms in total. The van der Waals surface area contributed by atoms with Crippen molar-refractivity contribution in [2.75, 3.05) is 24.5 Å². The first-order valence-corrected chi connectivity index (χ1v) is 7.83. The van der Waals surface area contributed by atoms with E-state index in [0.717, 1.165) is 49.5 Å². The predicted molar refractivity (Wildman–Crippen MR) is 83.7 cm³/mol. The summed E-state index contributed by atoms with van der Waals surface area (Å²) in [6.45, 7) is 13.1. The van der Waals surface area contributed by atoms with Gasteiger partial charge in [-0.25, -0.2) is 4.98 Å². The van der Waals surface area contributed by atoms with E-state index in [1.807, 2.05) is 12.4 Å². The molecule has 0 spiro atoms. The van der Waals surface area contributed by atoms with Crippen LogP contribution >= 0.6 is 0 Å². The fourth-order valence-corrected chi connectivity index (χ4v) is 2.66. The monoisotopic (exact) mass is 276 g/mol. The standard InChI is InChI=1S/C16H28N4/c1-12(2)7-17-8-15-9-18-10-16(19-15)20-6-5-14(11-20)13(3)4/h9-10,12-14,17H,5-8,11H2,1-4H3. The molecule has 112 valence electrons. The summed E-state index contributed by atoms with van der Waals surface area (Å²) in [6.07, 6.45) is 5.04. The second-order valence-electron chi connectivity index (χ2n) is 6.63. The predicted octanol–water partition coefficient (Wildman–Crippen LogP) is 2.70. The number of anilines is 1. The van der Waals surface area contributed by atoms with Crippen LogP contribution in [0.25, 0.3) is 0 Å². The first-order chi connectivity index (χ1) is 9.56. The number of nitrogens with zero attached hydrogens (tertiary/aromatic N) is 3. The third-order valence-electron chi connectivity index (χ3n) is 4.02. The lowest BCUT2D eigenvalue weighted by molar-refractivity contribution is 0.422. The van der Waals surface area contributed by atoms with Crippen molar-refractivity contribution in [1.82, 2.24) is 15.3 Å². The molecular formula is C16H28N4. The highest BCUT2D eigenvalue weighted by atomic mass is 15.2. The van der Waals surface area contributed by atoms with E-state index in [0.29, 0.717) is 5.92 Å². The minimum absolute atomic E-state index is 0.663. The normalized spacial score (nSPS) is 19.3. The van der Waals surface area contributed by atoms with Gasteiger partial charge < -0.3 is 10.2 Å². The van der Waals surface area contributed by atoms with Gasteiger partial charge in [0, 0.05) is 25.8 Å². The molecule has 2 rings (SSSR count). The molecule has 1 unspecified atom stereocenters. The van der Waals surface area contributed by atoms with Crippen molar-refractivity contribution in [2.24, 2.45) is 17.8 Å². The van der Waals surface area contributed by atoms with E-state index in [9.17, 15) is 0 Å². The average Bonchev–Trinajstić information content (AvgIpc) is 2.88. The third kappa shape index (κ3) is 4.17. The molecule has 1 aliphatic heterocycles. The van der Waals surface area contributed by atoms with Gasteiger partial charge in [0.2, 0.25) is 0 Å². The fraction of sp³-hybridized carbons (Fsp3) is 0.750. The topological polar surface area (TPSA) is 41.1 Å². The lowest BCUT2D eigenvalue weighted by atomic mass is 9.95. The van der Waals surface area contributed by atoms with Crippen LogP contribution in [0, 0.1) is 17.8 Å². The molecule has 0 aromatic carbocycles. The van der Waals surface area contributed by atoms with Crippen LogP contribution in [0.1, 0.15) is 39.8 Å². The summed E-state index contributed by atoms with van der Waals surface area (Å²) in [5, 5.41) is 3.42. The Morgan fingerprint density at radius 3 is 2.75 bits per heavy atom. The highest BCUT2D eigenvalue weighted by Gasteiger charge is 2.25. The van der Waals surface area contributed by atoms with Crippen LogP contribution in [0.4, 0.5) is 5.82 Å². The Balaban J connectivity index is 1.93. The van der Waals surface area contributed by atoms with E-state index >= 15 is 0 Å². The Labute approximate surface area is 123 Å². The van der Waals surface area contributed by atoms with Gasteiger partial charge in [-0.2, -0.15) is 0 Å². The minimum atomic E-state index is 0.663. The lowest BCUT2D eigenvalue weighted by Gasteiger charge is -2.19. The first kappa shape index (κ1) is 15.2. The lowest BCUT2D eigenvalue weighted by Crippen LogP contribution is -2.24. The van der Waals surface area contributed by atoms with Crippen molar-refractivity contribution in [3.05, 3.63) is 18.1 Å². The molecule has 0 aliphatic carbocycles. The van der Waals surface area contributed by atoms with Crippen LogP contribution < -0.4 is 10.2 Å². The number of rotatable bonds is 6. The Morgan fingerprint density at radius 2 is 2.10 bits per heavy atom. The van der Waals surface area contributed by atoms with Crippen molar-refractivity contribution in [2.45, 2.75) is 40.7 Å². The molecule has 0 radical (unpaired) electrons. The van der Waals surface area contributed by atoms with Crippen LogP contribution in [-0.2, 0) is 6.54 Å². The molecule has 1 atom stereocenters. The Hall–Kier alpha value is -1.16. The Kier molecular flexibility index (Phi) is 5.35. The van der Waals surface area contributed by atoms with E-state index in [2.05, 4.69) is 42.9 Å². The van der Waals surface area contributed by atoms with Gasteiger partial charge in [0.15, 0.2) is 0 Å². The minimum Gasteiger partial charge on any atom is -0.355 e. The highest BCUT2D eigenvalue weighted by molar-refractivity contribution is 5.37. The number of aromatic nitrogens is 2. The van der Waals surface area contributed by atoms with Crippen molar-refractivity contribution >= 4 is 5.82 Å². The second-order valence-corrected chi connectivity index (χ2v) is 6.63. The van der Waals surface area contributed by atoms with E-state index in [-0.39, 0.29) is 0 Å². The van der Waals surface area contributed by atoms with Crippen LogP contribution in [0.5, 0.6) is 0 Å². The second kappa shape index (κ2) is 7.02. The quantitative estimate of drug-likeness (QED) is 0.867. The van der Waals surface area contributed by atoms with Gasteiger partial charge in [0.1, 0.15) is 5.82 Å². The molecule has 0 amide bonds. The van der Waals surface area contributed by atoms with Crippen molar-refractivity contribution in [3.8, 4) is 0 Å². The van der Waals surface area contributed by atoms with Gasteiger partial charge in [0.25, 0.3) is 0 Å². The van der Waals surface area contributed by atoms with E-state index in [1.165, 1.54) is 6.42 Å². The van der Waals surface area contributed by atoms with E-state index in [1.54, 1.807) is 0 Å². The van der Waals surface area contributed by atoms with Crippen LogP contribution in [0.3, 0.4) is 0 Å². The molecular weight excluding hydrogens is 248 g/mol. The smallest absolute Gasteiger partial charge is 0.147 e. The van der Waals surface area contributed by atoms with Crippen LogP contribution in [0.2, 0.25) is 0 Å². The molecule has 1 fully saturated rings. The van der Waals surface area contributed by atoms with Gasteiger partial charge in [0.05, 0.1) is 11.9 Å². The summed E-state index contributed by atoms with van der Waals surface area (Å²) in [4.78, 5) is 11.5. The number of hydrogen-bond acceptors (Lipinski definition) is 4. The maximum Gasteiger partial charge on any atom is 0.147 e. The molecule has 0 saturated carbocycles. The average molecular weight is 276 g/mol. The van der Waals surface area contributed by atoms with Crippen LogP contribution in [-0.4, -0.2) is 29.6 Å². The van der Waals surface area contributed by atoms with E-state index < -0.39 is 0 Å². The summed E-state index contributed by atoms with van der Waals surface area (Å²) < 4.78 is 0. The zero-order valence-corrected chi connectivity index (χ0v) is 13.3.